The molecule has 0 aliphatic rings. The van der Waals surface area contributed by atoms with Gasteiger partial charge in [-0.2, -0.15) is 15.0 Å². The quantitative estimate of drug-likeness (QED) is 0.357. The summed E-state index contributed by atoms with van der Waals surface area (Å²) in [5.74, 6) is 0. The van der Waals surface area contributed by atoms with Gasteiger partial charge in [0.15, 0.2) is 0 Å². The molecule has 2 heterocycles. The molecule has 3 aromatic carbocycles. The number of halogens is 1. The summed E-state index contributed by atoms with van der Waals surface area (Å²) in [4.78, 5) is 1.58. The Labute approximate surface area is 204 Å². The SMILES string of the molecule is Cc1ccc(-c2nn(-c3ccc(S(N)(=O)=O)cc3)c(-c3cnn(-c4ccccc4)n3)c2Br)cc1. The minimum atomic E-state index is -3.81. The van der Waals surface area contributed by atoms with Crippen LogP contribution in [-0.4, -0.2) is 33.2 Å². The standard InChI is InChI=1S/C24H19BrN6O2S/c1-16-7-9-17(10-8-16)23-22(25)24(21-15-27-31(28-21)19-5-3-2-4-6-19)30(29-23)18-11-13-20(14-12-18)34(26,32)33/h2-15H,1H3,(H2,26,32,33). The van der Waals surface area contributed by atoms with Crippen LogP contribution in [-0.2, 0) is 10.0 Å². The Bertz CT molecular complexity index is 1580. The molecule has 0 aliphatic heterocycles. The number of primary sulfonamides is 1. The second-order valence-corrected chi connectivity index (χ2v) is 10.0. The van der Waals surface area contributed by atoms with Crippen LogP contribution in [0.15, 0.2) is 94.4 Å². The molecule has 5 rings (SSSR count). The molecule has 2 N–H and O–H groups in total. The van der Waals surface area contributed by atoms with Crippen LogP contribution in [0, 0.1) is 6.92 Å². The fourth-order valence-electron chi connectivity index (χ4n) is 3.54. The van der Waals surface area contributed by atoms with Gasteiger partial charge in [-0.1, -0.05) is 48.0 Å². The minimum absolute atomic E-state index is 0.0257. The van der Waals surface area contributed by atoms with E-state index in [0.29, 0.717) is 17.1 Å². The largest absolute Gasteiger partial charge is 0.238 e. The molecule has 0 bridgehead atoms. The van der Waals surface area contributed by atoms with Crippen molar-refractivity contribution in [3.63, 3.8) is 0 Å². The first-order chi connectivity index (χ1) is 16.3. The second kappa shape index (κ2) is 8.64. The van der Waals surface area contributed by atoms with Crippen LogP contribution in [0.25, 0.3) is 34.0 Å². The van der Waals surface area contributed by atoms with Crippen LogP contribution < -0.4 is 5.14 Å². The second-order valence-electron chi connectivity index (χ2n) is 7.68. The predicted octanol–water partition coefficient (Wildman–Crippen LogP) is 4.51. The van der Waals surface area contributed by atoms with Crippen molar-refractivity contribution in [1.82, 2.24) is 24.8 Å². The number of sulfonamides is 1. The fourth-order valence-corrected chi connectivity index (χ4v) is 4.73. The molecule has 2 aromatic heterocycles. The average Bonchev–Trinajstić information content (AvgIpc) is 3.44. The van der Waals surface area contributed by atoms with Crippen molar-refractivity contribution in [2.45, 2.75) is 11.8 Å². The molecule has 0 amide bonds. The number of nitrogens with zero attached hydrogens (tertiary/aromatic N) is 5. The van der Waals surface area contributed by atoms with Gasteiger partial charge < -0.3 is 0 Å². The van der Waals surface area contributed by atoms with Crippen LogP contribution in [0.1, 0.15) is 5.56 Å². The lowest BCUT2D eigenvalue weighted by atomic mass is 10.1. The van der Waals surface area contributed by atoms with Gasteiger partial charge in [-0.05, 0) is 59.3 Å². The summed E-state index contributed by atoms with van der Waals surface area (Å²) in [6.45, 7) is 2.03. The highest BCUT2D eigenvalue weighted by Crippen LogP contribution is 2.37. The highest BCUT2D eigenvalue weighted by molar-refractivity contribution is 9.10. The van der Waals surface area contributed by atoms with Crippen LogP contribution >= 0.6 is 15.9 Å². The monoisotopic (exact) mass is 534 g/mol. The molecule has 0 radical (unpaired) electrons. The van der Waals surface area contributed by atoms with Crippen LogP contribution in [0.2, 0.25) is 0 Å². The van der Waals surface area contributed by atoms with E-state index in [-0.39, 0.29) is 4.90 Å². The maximum Gasteiger partial charge on any atom is 0.238 e. The van der Waals surface area contributed by atoms with Crippen molar-refractivity contribution in [2.24, 2.45) is 5.14 Å². The van der Waals surface area contributed by atoms with Gasteiger partial charge in [-0.25, -0.2) is 18.2 Å². The number of para-hydroxylation sites is 1. The summed E-state index contributed by atoms with van der Waals surface area (Å²) in [6.07, 6.45) is 1.67. The van der Waals surface area contributed by atoms with Gasteiger partial charge in [0.25, 0.3) is 0 Å². The van der Waals surface area contributed by atoms with Crippen molar-refractivity contribution in [3.8, 4) is 34.0 Å². The topological polar surface area (TPSA) is 109 Å². The third kappa shape index (κ3) is 4.18. The Kier molecular flexibility index (Phi) is 5.64. The lowest BCUT2D eigenvalue weighted by Gasteiger charge is -2.07. The Balaban J connectivity index is 1.68. The molecule has 8 nitrogen and oxygen atoms in total. The van der Waals surface area contributed by atoms with Crippen LogP contribution in [0.4, 0.5) is 0 Å². The molecule has 0 aliphatic carbocycles. The van der Waals surface area contributed by atoms with E-state index < -0.39 is 10.0 Å². The molecule has 0 saturated heterocycles. The highest BCUT2D eigenvalue weighted by atomic mass is 79.9. The summed E-state index contributed by atoms with van der Waals surface area (Å²) in [7, 11) is -3.81. The summed E-state index contributed by atoms with van der Waals surface area (Å²) in [6, 6.07) is 23.9. The van der Waals surface area contributed by atoms with Gasteiger partial charge in [0.1, 0.15) is 17.1 Å². The summed E-state index contributed by atoms with van der Waals surface area (Å²) < 4.78 is 25.9. The van der Waals surface area contributed by atoms with E-state index in [2.05, 4.69) is 26.1 Å². The van der Waals surface area contributed by atoms with Gasteiger partial charge in [0.05, 0.1) is 26.9 Å². The summed E-state index contributed by atoms with van der Waals surface area (Å²) >= 11 is 3.73. The normalized spacial score (nSPS) is 11.6. The lowest BCUT2D eigenvalue weighted by Crippen LogP contribution is -2.12. The Morgan fingerprint density at radius 3 is 2.18 bits per heavy atom. The molecule has 5 aromatic rings. The zero-order chi connectivity index (χ0) is 23.9. The van der Waals surface area contributed by atoms with Gasteiger partial charge in [0.2, 0.25) is 10.0 Å². The van der Waals surface area contributed by atoms with E-state index in [9.17, 15) is 8.42 Å². The van der Waals surface area contributed by atoms with E-state index in [1.807, 2.05) is 61.5 Å². The van der Waals surface area contributed by atoms with Crippen molar-refractivity contribution < 1.29 is 8.42 Å². The number of rotatable bonds is 5. The van der Waals surface area contributed by atoms with Crippen LogP contribution in [0.5, 0.6) is 0 Å². The number of aromatic nitrogens is 5. The maximum absolute atomic E-state index is 11.7. The molecule has 0 spiro atoms. The maximum atomic E-state index is 11.7. The number of benzene rings is 3. The molecule has 0 unspecified atom stereocenters. The smallest absolute Gasteiger partial charge is 0.230 e. The first-order valence-electron chi connectivity index (χ1n) is 10.3. The number of nitrogens with two attached hydrogens (primary N) is 1. The first-order valence-corrected chi connectivity index (χ1v) is 12.6. The lowest BCUT2D eigenvalue weighted by molar-refractivity contribution is 0.598. The Hall–Kier alpha value is -3.60. The molecule has 0 saturated carbocycles. The molecule has 170 valence electrons. The number of hydrogen-bond acceptors (Lipinski definition) is 5. The molecular formula is C24H19BrN6O2S. The van der Waals surface area contributed by atoms with Crippen molar-refractivity contribution in [2.75, 3.05) is 0 Å². The van der Waals surface area contributed by atoms with E-state index >= 15 is 0 Å². The van der Waals surface area contributed by atoms with E-state index in [0.717, 1.165) is 27.0 Å². The third-order valence-corrected chi connectivity index (χ3v) is 6.96. The summed E-state index contributed by atoms with van der Waals surface area (Å²) in [5, 5.41) is 19.2. The van der Waals surface area contributed by atoms with Gasteiger partial charge >= 0.3 is 0 Å². The Morgan fingerprint density at radius 2 is 1.53 bits per heavy atom. The molecule has 0 fully saturated rings. The Morgan fingerprint density at radius 1 is 0.853 bits per heavy atom. The van der Waals surface area contributed by atoms with Crippen molar-refractivity contribution >= 4 is 26.0 Å². The van der Waals surface area contributed by atoms with Gasteiger partial charge in [0, 0.05) is 5.56 Å². The van der Waals surface area contributed by atoms with E-state index in [1.165, 1.54) is 12.1 Å². The molecule has 10 heteroatoms. The first kappa shape index (κ1) is 22.2. The zero-order valence-corrected chi connectivity index (χ0v) is 20.4. The minimum Gasteiger partial charge on any atom is -0.230 e. The highest BCUT2D eigenvalue weighted by Gasteiger charge is 2.23. The average molecular weight is 535 g/mol. The molecule has 0 atom stereocenters. The van der Waals surface area contributed by atoms with Crippen LogP contribution in [0.3, 0.4) is 0 Å². The van der Waals surface area contributed by atoms with E-state index in [1.54, 1.807) is 27.8 Å². The van der Waals surface area contributed by atoms with Crippen molar-refractivity contribution in [3.05, 3.63) is 95.1 Å². The van der Waals surface area contributed by atoms with Crippen molar-refractivity contribution in [1.29, 1.82) is 0 Å². The van der Waals surface area contributed by atoms with Gasteiger partial charge in [-0.3, -0.25) is 0 Å². The third-order valence-electron chi connectivity index (χ3n) is 5.28. The predicted molar refractivity (Wildman–Crippen MR) is 133 cm³/mol. The zero-order valence-electron chi connectivity index (χ0n) is 18.0. The number of hydrogen-bond donors (Lipinski definition) is 1. The number of aryl methyl sites for hydroxylation is 1. The fraction of sp³-hybridized carbons (Fsp3) is 0.0417. The van der Waals surface area contributed by atoms with E-state index in [4.69, 9.17) is 10.2 Å². The van der Waals surface area contributed by atoms with Gasteiger partial charge in [-0.15, -0.1) is 5.10 Å². The molecule has 34 heavy (non-hydrogen) atoms. The molecular weight excluding hydrogens is 516 g/mol. The summed E-state index contributed by atoms with van der Waals surface area (Å²) in [5.41, 5.74) is 5.54.